The molecule has 112 valence electrons. The zero-order valence-corrected chi connectivity index (χ0v) is 11.3. The first kappa shape index (κ1) is 6.01. The van der Waals surface area contributed by atoms with E-state index in [1.165, 1.54) is 24.4 Å². The second kappa shape index (κ2) is 5.77. The number of carbonyl (C=O) groups is 1. The number of ether oxygens (including phenoxy) is 1. The van der Waals surface area contributed by atoms with Gasteiger partial charge >= 0.3 is 6.09 Å². The Morgan fingerprint density at radius 1 is 1.67 bits per heavy atom. The lowest BCUT2D eigenvalue weighted by atomic mass is 10.0. The predicted molar refractivity (Wildman–Crippen MR) is 82.5 cm³/mol. The van der Waals surface area contributed by atoms with E-state index < -0.39 is 45.0 Å². The molecular weight excluding hydrogens is 266 g/mol. The fourth-order valence-electron chi connectivity index (χ4n) is 2.04. The number of fused-ring (bicyclic) bond motifs is 1. The number of nitrogens with zero attached hydrogens (tertiary/aromatic N) is 1. The van der Waals surface area contributed by atoms with Crippen LogP contribution >= 0.6 is 0 Å². The van der Waals surface area contributed by atoms with Crippen LogP contribution in [0.3, 0.4) is 0 Å². The molecule has 5 nitrogen and oxygen atoms in total. The Hall–Kier alpha value is -2.01. The lowest BCUT2D eigenvalue weighted by molar-refractivity contribution is 0.177. The molecule has 1 saturated heterocycles. The minimum absolute atomic E-state index is 0.102. The van der Waals surface area contributed by atoms with Gasteiger partial charge in [0.1, 0.15) is 6.56 Å². The lowest BCUT2D eigenvalue weighted by Crippen LogP contribution is -2.28. The smallest absolute Gasteiger partial charge is 0.407 e. The first-order valence-electron chi connectivity index (χ1n) is 11.7. The molecule has 1 fully saturated rings. The summed E-state index contributed by atoms with van der Waals surface area (Å²) < 4.78 is 91.5. The molecule has 5 heteroatoms. The van der Waals surface area contributed by atoms with Gasteiger partial charge in [-0.1, -0.05) is 6.07 Å². The third-order valence-corrected chi connectivity index (χ3v) is 3.00. The van der Waals surface area contributed by atoms with Crippen molar-refractivity contribution in [3.8, 4) is 0 Å². The molecule has 0 aliphatic carbocycles. The molecule has 1 aliphatic rings. The summed E-state index contributed by atoms with van der Waals surface area (Å²) in [4.78, 5) is 13.2. The largest absolute Gasteiger partial charge is 0.447 e. The molecule has 2 N–H and O–H groups in total. The molecule has 2 aromatic rings. The number of hydrogen-bond donors (Lipinski definition) is 2. The van der Waals surface area contributed by atoms with Crippen molar-refractivity contribution < 1.29 is 24.7 Å². The van der Waals surface area contributed by atoms with Gasteiger partial charge in [-0.3, -0.25) is 0 Å². The van der Waals surface area contributed by atoms with Crippen LogP contribution in [-0.4, -0.2) is 49.1 Å². The van der Waals surface area contributed by atoms with Gasteiger partial charge in [0.2, 0.25) is 0 Å². The molecule has 0 spiro atoms. The Balaban J connectivity index is 2.07. The van der Waals surface area contributed by atoms with E-state index in [4.69, 9.17) is 15.2 Å². The van der Waals surface area contributed by atoms with E-state index in [0.717, 1.165) is 12.0 Å². The minimum Gasteiger partial charge on any atom is -0.447 e. The zero-order chi connectivity index (χ0) is 24.4. The summed E-state index contributed by atoms with van der Waals surface area (Å²) in [6.07, 6.45) is -3.05. The molecule has 3 rings (SSSR count). The standard InChI is InChI=1S/C16H21N3O2/c1-19(2)6-5-12-9-17-15-4-3-11(8-14(12)15)7-13-10-21-16(20)18-13/h3-4,8-9,13,17H,5-7,10H2,1-2H3,(H,18,20)/t13-/m0/s1/i1D3,6D2,7D2,10D2/hD2. The van der Waals surface area contributed by atoms with Gasteiger partial charge in [-0.15, -0.1) is 0 Å². The number of cyclic esters (lactones) is 1. The molecule has 1 aromatic carbocycles. The van der Waals surface area contributed by atoms with Crippen LogP contribution in [0.1, 0.15) is 23.5 Å². The van der Waals surface area contributed by atoms with E-state index in [1.54, 1.807) is 0 Å². The molecular formula is C16H21N3O2. The van der Waals surface area contributed by atoms with Gasteiger partial charge in [0.25, 0.3) is 0 Å². The third-order valence-electron chi connectivity index (χ3n) is 3.00. The Labute approximate surface area is 139 Å². The Bertz CT molecular complexity index is 1050. The van der Waals surface area contributed by atoms with Crippen LogP contribution in [0.15, 0.2) is 24.4 Å². The van der Waals surface area contributed by atoms with E-state index in [0.29, 0.717) is 4.90 Å². The number of hydrogen-bond acceptors (Lipinski definition) is 3. The molecule has 1 atom stereocenters. The first-order chi connectivity index (χ1) is 14.4. The lowest BCUT2D eigenvalue weighted by Gasteiger charge is -2.09. The second-order valence-electron chi connectivity index (χ2n) is 4.57. The van der Waals surface area contributed by atoms with Gasteiger partial charge in [0.15, 0.2) is 2.82 Å². The molecule has 1 amide bonds. The van der Waals surface area contributed by atoms with E-state index in [2.05, 4.69) is 4.74 Å². The molecule has 2 heterocycles. The minimum atomic E-state index is -2.78. The van der Waals surface area contributed by atoms with Crippen molar-refractivity contribution in [2.24, 2.45) is 0 Å². The van der Waals surface area contributed by atoms with Crippen LogP contribution < -0.4 is 5.31 Å². The average molecular weight is 298 g/mol. The molecule has 0 bridgehead atoms. The van der Waals surface area contributed by atoms with Crippen molar-refractivity contribution in [3.63, 3.8) is 0 Å². The van der Waals surface area contributed by atoms with Gasteiger partial charge in [-0.05, 0) is 50.1 Å². The summed E-state index contributed by atoms with van der Waals surface area (Å²) in [6, 6.07) is 2.03. The molecule has 0 radical (unpaired) electrons. The number of amides is 1. The van der Waals surface area contributed by atoms with Crippen LogP contribution in [-0.2, 0) is 17.5 Å². The van der Waals surface area contributed by atoms with E-state index >= 15 is 0 Å². The summed E-state index contributed by atoms with van der Waals surface area (Å²) in [5.41, 5.74) is 0.404. The molecule has 1 aromatic heterocycles. The van der Waals surface area contributed by atoms with E-state index in [1.807, 2.05) is 0 Å². The van der Waals surface area contributed by atoms with Crippen molar-refractivity contribution in [3.05, 3.63) is 35.5 Å². The van der Waals surface area contributed by atoms with Crippen molar-refractivity contribution in [2.45, 2.75) is 18.8 Å². The van der Waals surface area contributed by atoms with Crippen LogP contribution in [0, 0.1) is 0 Å². The number of likely N-dealkylation sites (N-methyl/N-ethyl adjacent to an activating group) is 1. The summed E-state index contributed by atoms with van der Waals surface area (Å²) >= 11 is 0. The Kier molecular flexibility index (Phi) is 1.65. The molecule has 0 saturated carbocycles. The summed E-state index contributed by atoms with van der Waals surface area (Å²) in [7, 11) is 1.11. The summed E-state index contributed by atoms with van der Waals surface area (Å²) in [5.74, 6) is 0. The van der Waals surface area contributed by atoms with Crippen LogP contribution in [0.2, 0.25) is 2.82 Å². The fraction of sp³-hybridized carbons (Fsp3) is 0.438. The topological polar surface area (TPSA) is 57.4 Å². The second-order valence-corrected chi connectivity index (χ2v) is 4.57. The van der Waals surface area contributed by atoms with Crippen molar-refractivity contribution in [2.75, 3.05) is 27.1 Å². The van der Waals surface area contributed by atoms with Gasteiger partial charge < -0.3 is 19.9 Å². The summed E-state index contributed by atoms with van der Waals surface area (Å²) in [6.45, 7) is -7.80. The van der Waals surface area contributed by atoms with Gasteiger partial charge in [-0.2, -0.15) is 0 Å². The SMILES string of the molecule is [2H]N1C(=O)OC([2H])([2H])[C@@H]1C([2H])([2H])c1ccc2c(c1)c(CC([2H])([2H])N(C)C([2H])([2H])[2H])cn2[2H]. The number of nitrogens with one attached hydrogen (secondary N) is 2. The highest BCUT2D eigenvalue weighted by molar-refractivity contribution is 5.84. The predicted octanol–water partition coefficient (Wildman–Crippen LogP) is 1.92. The number of aromatic amines is 1. The molecule has 21 heavy (non-hydrogen) atoms. The molecule has 0 unspecified atom stereocenters. The number of carbonyl (C=O) groups excluding carboxylic acids is 1. The Morgan fingerprint density at radius 3 is 3.33 bits per heavy atom. The Morgan fingerprint density at radius 2 is 2.57 bits per heavy atom. The maximum Gasteiger partial charge on any atom is 0.407 e. The number of aromatic nitrogens is 1. The number of rotatable bonds is 5. The van der Waals surface area contributed by atoms with Crippen LogP contribution in [0.4, 0.5) is 4.79 Å². The van der Waals surface area contributed by atoms with Gasteiger partial charge in [0, 0.05) is 33.2 Å². The van der Waals surface area contributed by atoms with Crippen molar-refractivity contribution in [1.29, 1.82) is 0 Å². The number of H-pyrrole nitrogens is 1. The molecule has 1 aliphatic heterocycles. The van der Waals surface area contributed by atoms with Crippen molar-refractivity contribution >= 4 is 17.0 Å². The maximum atomic E-state index is 11.6. The van der Waals surface area contributed by atoms with Gasteiger partial charge in [0.05, 0.1) is 8.78 Å². The first-order valence-corrected chi connectivity index (χ1v) is 6.28. The third kappa shape index (κ3) is 3.19. The highest BCUT2D eigenvalue weighted by Crippen LogP contribution is 2.21. The monoisotopic (exact) mass is 298 g/mol. The quantitative estimate of drug-likeness (QED) is 0.887. The van der Waals surface area contributed by atoms with E-state index in [9.17, 15) is 4.79 Å². The van der Waals surface area contributed by atoms with Crippen molar-refractivity contribution in [1.82, 2.24) is 15.2 Å². The highest BCUT2D eigenvalue weighted by atomic mass is 16.6. The van der Waals surface area contributed by atoms with Gasteiger partial charge in [-0.25, -0.2) is 4.79 Å². The maximum absolute atomic E-state index is 11.6. The highest BCUT2D eigenvalue weighted by Gasteiger charge is 2.22. The average Bonchev–Trinajstić information content (AvgIpc) is 3.05. The number of benzene rings is 1. The van der Waals surface area contributed by atoms with Crippen LogP contribution in [0.5, 0.6) is 0 Å². The van der Waals surface area contributed by atoms with Crippen LogP contribution in [0.25, 0.3) is 10.9 Å². The fourth-order valence-corrected chi connectivity index (χ4v) is 2.04. The number of alkyl carbamates (subject to hydrolysis) is 1. The van der Waals surface area contributed by atoms with E-state index in [-0.39, 0.29) is 27.3 Å². The summed E-state index contributed by atoms with van der Waals surface area (Å²) in [5, 5.41) is 0.358. The normalized spacial score (nSPS) is 30.8. The number of aryl methyl sites for hydroxylation is 1. The zero-order valence-electron chi connectivity index (χ0n) is 22.3.